The Morgan fingerprint density at radius 2 is 2.21 bits per heavy atom. The fourth-order valence-electron chi connectivity index (χ4n) is 3.95. The van der Waals surface area contributed by atoms with E-state index in [9.17, 15) is 9.59 Å². The Morgan fingerprint density at radius 1 is 1.31 bits per heavy atom. The molecule has 11 nitrogen and oxygen atoms in total. The van der Waals surface area contributed by atoms with Crippen LogP contribution in [0.25, 0.3) is 0 Å². The fourth-order valence-corrected chi connectivity index (χ4v) is 3.95. The summed E-state index contributed by atoms with van der Waals surface area (Å²) in [4.78, 5) is 31.6. The standard InChI is InChI=1S/C18H20N8O3/c1-12-15(21-23-20-12)16(27)24-7-5-18(10-24)11-25-14(9-29-18)22-26(17(25)28)8-13-4-2-3-6-19-13/h2-4,6H,5,7-11H2,1H3,(H,20,21,23). The normalized spacial score (nSPS) is 20.9. The van der Waals surface area contributed by atoms with Gasteiger partial charge in [-0.25, -0.2) is 9.48 Å². The van der Waals surface area contributed by atoms with Crippen LogP contribution in [0.2, 0.25) is 0 Å². The number of ether oxygens (including phenoxy) is 1. The zero-order chi connectivity index (χ0) is 20.0. The summed E-state index contributed by atoms with van der Waals surface area (Å²) >= 11 is 0. The maximum Gasteiger partial charge on any atom is 0.346 e. The van der Waals surface area contributed by atoms with Crippen molar-refractivity contribution >= 4 is 5.91 Å². The number of likely N-dealkylation sites (tertiary alicyclic amines) is 1. The molecule has 5 heterocycles. The topological polar surface area (TPSA) is 124 Å². The van der Waals surface area contributed by atoms with E-state index in [-0.39, 0.29) is 18.2 Å². The zero-order valence-corrected chi connectivity index (χ0v) is 15.9. The number of aromatic nitrogens is 7. The summed E-state index contributed by atoms with van der Waals surface area (Å²) in [6.07, 6.45) is 2.34. The molecule has 3 aromatic heterocycles. The van der Waals surface area contributed by atoms with Crippen molar-refractivity contribution in [2.24, 2.45) is 0 Å². The predicted molar refractivity (Wildman–Crippen MR) is 99.0 cm³/mol. The number of H-pyrrole nitrogens is 1. The molecule has 2 aliphatic heterocycles. The molecule has 11 heteroatoms. The molecule has 0 radical (unpaired) electrons. The smallest absolute Gasteiger partial charge is 0.346 e. The number of nitrogens with one attached hydrogen (secondary N) is 1. The summed E-state index contributed by atoms with van der Waals surface area (Å²) in [5.74, 6) is 0.411. The summed E-state index contributed by atoms with van der Waals surface area (Å²) in [5, 5.41) is 14.7. The van der Waals surface area contributed by atoms with E-state index in [2.05, 4.69) is 25.5 Å². The van der Waals surface area contributed by atoms with Crippen molar-refractivity contribution in [3.63, 3.8) is 0 Å². The number of carbonyl (C=O) groups excluding carboxylic acids is 1. The van der Waals surface area contributed by atoms with Gasteiger partial charge in [-0.15, -0.1) is 0 Å². The Balaban J connectivity index is 1.35. The third kappa shape index (κ3) is 3.03. The van der Waals surface area contributed by atoms with Crippen LogP contribution >= 0.6 is 0 Å². The summed E-state index contributed by atoms with van der Waals surface area (Å²) in [7, 11) is 0. The molecular formula is C18H20N8O3. The molecule has 1 fully saturated rings. The quantitative estimate of drug-likeness (QED) is 0.646. The molecule has 3 aromatic rings. The lowest BCUT2D eigenvalue weighted by Gasteiger charge is -2.33. The minimum Gasteiger partial charge on any atom is -0.363 e. The number of nitrogens with zero attached hydrogens (tertiary/aromatic N) is 7. The average Bonchev–Trinajstić information content (AvgIpc) is 3.42. The molecule has 0 aromatic carbocycles. The van der Waals surface area contributed by atoms with Crippen LogP contribution in [0.4, 0.5) is 0 Å². The van der Waals surface area contributed by atoms with E-state index >= 15 is 0 Å². The summed E-state index contributed by atoms with van der Waals surface area (Å²) in [6, 6.07) is 5.56. The molecule has 0 aliphatic carbocycles. The molecular weight excluding hydrogens is 376 g/mol. The van der Waals surface area contributed by atoms with Gasteiger partial charge < -0.3 is 9.64 Å². The highest BCUT2D eigenvalue weighted by atomic mass is 16.5. The molecule has 0 saturated carbocycles. The van der Waals surface area contributed by atoms with Gasteiger partial charge in [0.15, 0.2) is 11.5 Å². The largest absolute Gasteiger partial charge is 0.363 e. The van der Waals surface area contributed by atoms with Crippen molar-refractivity contribution in [2.75, 3.05) is 13.1 Å². The zero-order valence-electron chi connectivity index (χ0n) is 15.9. The van der Waals surface area contributed by atoms with Crippen molar-refractivity contribution in [3.05, 3.63) is 57.8 Å². The first-order chi connectivity index (χ1) is 14.0. The van der Waals surface area contributed by atoms with Crippen LogP contribution in [0, 0.1) is 6.92 Å². The molecule has 0 bridgehead atoms. The van der Waals surface area contributed by atoms with Crippen molar-refractivity contribution in [2.45, 2.75) is 38.6 Å². The third-order valence-corrected chi connectivity index (χ3v) is 5.52. The number of rotatable bonds is 3. The van der Waals surface area contributed by atoms with Crippen molar-refractivity contribution in [1.29, 1.82) is 0 Å². The highest BCUT2D eigenvalue weighted by Gasteiger charge is 2.45. The molecule has 1 saturated heterocycles. The Bertz CT molecular complexity index is 1120. The van der Waals surface area contributed by atoms with E-state index in [1.54, 1.807) is 22.6 Å². The van der Waals surface area contributed by atoms with Gasteiger partial charge in [0, 0.05) is 12.7 Å². The first kappa shape index (κ1) is 17.7. The maximum atomic E-state index is 12.9. The lowest BCUT2D eigenvalue weighted by Crippen LogP contribution is -2.47. The van der Waals surface area contributed by atoms with Gasteiger partial charge in [-0.05, 0) is 25.5 Å². The fraction of sp³-hybridized carbons (Fsp3) is 0.444. The van der Waals surface area contributed by atoms with Crippen LogP contribution in [-0.2, 0) is 24.4 Å². The van der Waals surface area contributed by atoms with E-state index in [1.165, 1.54) is 4.68 Å². The van der Waals surface area contributed by atoms with Gasteiger partial charge in [0.2, 0.25) is 0 Å². The van der Waals surface area contributed by atoms with Crippen LogP contribution in [0.3, 0.4) is 0 Å². The summed E-state index contributed by atoms with van der Waals surface area (Å²) in [5.41, 5.74) is 0.865. The number of carbonyl (C=O) groups is 1. The summed E-state index contributed by atoms with van der Waals surface area (Å²) in [6.45, 7) is 3.58. The molecule has 5 rings (SSSR count). The van der Waals surface area contributed by atoms with Crippen LogP contribution in [0.5, 0.6) is 0 Å². The van der Waals surface area contributed by atoms with Gasteiger partial charge in [-0.2, -0.15) is 20.5 Å². The molecule has 1 N–H and O–H groups in total. The Kier molecular flexibility index (Phi) is 4.05. The van der Waals surface area contributed by atoms with Gasteiger partial charge >= 0.3 is 5.69 Å². The number of hydrogen-bond acceptors (Lipinski definition) is 7. The van der Waals surface area contributed by atoms with Crippen LogP contribution in [0.15, 0.2) is 29.2 Å². The van der Waals surface area contributed by atoms with E-state index in [0.29, 0.717) is 49.8 Å². The molecule has 1 amide bonds. The molecule has 1 atom stereocenters. The third-order valence-electron chi connectivity index (χ3n) is 5.52. The number of pyridine rings is 1. The minimum absolute atomic E-state index is 0.180. The van der Waals surface area contributed by atoms with Crippen LogP contribution < -0.4 is 5.69 Å². The molecule has 29 heavy (non-hydrogen) atoms. The van der Waals surface area contributed by atoms with Crippen LogP contribution in [0.1, 0.15) is 34.1 Å². The summed E-state index contributed by atoms with van der Waals surface area (Å²) < 4.78 is 9.18. The van der Waals surface area contributed by atoms with Gasteiger partial charge in [-0.1, -0.05) is 6.07 Å². The first-order valence-corrected chi connectivity index (χ1v) is 9.42. The second-order valence-electron chi connectivity index (χ2n) is 7.47. The Morgan fingerprint density at radius 3 is 2.97 bits per heavy atom. The second kappa shape index (κ2) is 6.62. The Labute approximate surface area is 165 Å². The van der Waals surface area contributed by atoms with E-state index in [0.717, 1.165) is 5.69 Å². The first-order valence-electron chi connectivity index (χ1n) is 9.42. The maximum absolute atomic E-state index is 12.9. The highest BCUT2D eigenvalue weighted by molar-refractivity contribution is 5.93. The van der Waals surface area contributed by atoms with Crippen molar-refractivity contribution in [1.82, 2.24) is 39.6 Å². The number of amides is 1. The van der Waals surface area contributed by atoms with Gasteiger partial charge in [-0.3, -0.25) is 14.3 Å². The lowest BCUT2D eigenvalue weighted by molar-refractivity contribution is -0.0816. The predicted octanol–water partition coefficient (Wildman–Crippen LogP) is -0.270. The number of hydrogen-bond donors (Lipinski definition) is 1. The second-order valence-corrected chi connectivity index (χ2v) is 7.47. The lowest BCUT2D eigenvalue weighted by atomic mass is 10.0. The number of aromatic amines is 1. The molecule has 150 valence electrons. The van der Waals surface area contributed by atoms with E-state index in [4.69, 9.17) is 4.74 Å². The average molecular weight is 396 g/mol. The van der Waals surface area contributed by atoms with Crippen molar-refractivity contribution in [3.8, 4) is 0 Å². The number of fused-ring (bicyclic) bond motifs is 1. The minimum atomic E-state index is -0.594. The van der Waals surface area contributed by atoms with E-state index in [1.807, 2.05) is 18.2 Å². The molecule has 1 unspecified atom stereocenters. The Hall–Kier alpha value is -3.34. The van der Waals surface area contributed by atoms with E-state index < -0.39 is 5.60 Å². The highest BCUT2D eigenvalue weighted by Crippen LogP contribution is 2.32. The monoisotopic (exact) mass is 396 g/mol. The van der Waals surface area contributed by atoms with Crippen molar-refractivity contribution < 1.29 is 9.53 Å². The van der Waals surface area contributed by atoms with Gasteiger partial charge in [0.1, 0.15) is 12.2 Å². The van der Waals surface area contributed by atoms with Crippen LogP contribution in [-0.4, -0.2) is 64.2 Å². The van der Waals surface area contributed by atoms with Gasteiger partial charge in [0.25, 0.3) is 5.91 Å². The SMILES string of the molecule is Cc1n[nH]nc1C(=O)N1CCC2(C1)Cn1c(nn(Cc3ccccn3)c1=O)CO2. The number of aryl methyl sites for hydroxylation is 1. The molecule has 2 aliphatic rings. The van der Waals surface area contributed by atoms with Gasteiger partial charge in [0.05, 0.1) is 31.0 Å². The molecule has 1 spiro atoms.